The van der Waals surface area contributed by atoms with Crippen LogP contribution in [-0.4, -0.2) is 37.1 Å². The summed E-state index contributed by atoms with van der Waals surface area (Å²) in [4.78, 5) is 2.47. The van der Waals surface area contributed by atoms with Crippen LogP contribution in [0.1, 0.15) is 65.7 Å². The van der Waals surface area contributed by atoms with Gasteiger partial charge in [0.1, 0.15) is 0 Å². The summed E-state index contributed by atoms with van der Waals surface area (Å²) in [5.41, 5.74) is 0.421. The van der Waals surface area contributed by atoms with Crippen LogP contribution < -0.4 is 5.32 Å². The van der Waals surface area contributed by atoms with Crippen molar-refractivity contribution in [3.63, 3.8) is 0 Å². The second kappa shape index (κ2) is 7.49. The topological polar surface area (TPSA) is 15.3 Å². The van der Waals surface area contributed by atoms with E-state index in [4.69, 9.17) is 0 Å². The van der Waals surface area contributed by atoms with E-state index in [0.717, 1.165) is 5.92 Å². The molecule has 1 aliphatic rings. The van der Waals surface area contributed by atoms with Crippen molar-refractivity contribution in [1.82, 2.24) is 10.2 Å². The second-order valence-corrected chi connectivity index (χ2v) is 6.93. The van der Waals surface area contributed by atoms with E-state index in [0.29, 0.717) is 11.6 Å². The van der Waals surface area contributed by atoms with E-state index in [2.05, 4.69) is 45.1 Å². The number of nitrogens with zero attached hydrogens (tertiary/aromatic N) is 1. The summed E-state index contributed by atoms with van der Waals surface area (Å²) in [5.74, 6) is 0.826. The predicted octanol–water partition coefficient (Wildman–Crippen LogP) is 3.67. The van der Waals surface area contributed by atoms with Crippen LogP contribution in [0.15, 0.2) is 0 Å². The van der Waals surface area contributed by atoms with Gasteiger partial charge in [-0.05, 0) is 52.6 Å². The minimum absolute atomic E-state index is 0.421. The summed E-state index contributed by atoms with van der Waals surface area (Å²) in [6, 6.07) is 0.658. The van der Waals surface area contributed by atoms with Crippen LogP contribution in [0.25, 0.3) is 0 Å². The van der Waals surface area contributed by atoms with E-state index in [9.17, 15) is 0 Å². The molecule has 2 heteroatoms. The van der Waals surface area contributed by atoms with Gasteiger partial charge in [0, 0.05) is 18.1 Å². The van der Waals surface area contributed by atoms with Gasteiger partial charge < -0.3 is 10.2 Å². The second-order valence-electron chi connectivity index (χ2n) is 6.93. The van der Waals surface area contributed by atoms with Crippen LogP contribution in [0.3, 0.4) is 0 Å². The fourth-order valence-corrected chi connectivity index (χ4v) is 3.04. The summed E-state index contributed by atoms with van der Waals surface area (Å²) in [6.45, 7) is 8.14. The summed E-state index contributed by atoms with van der Waals surface area (Å²) in [7, 11) is 4.51. The van der Waals surface area contributed by atoms with Crippen molar-refractivity contribution in [3.05, 3.63) is 0 Å². The summed E-state index contributed by atoms with van der Waals surface area (Å²) in [5, 5.41) is 3.79. The Kier molecular flexibility index (Phi) is 6.65. The quantitative estimate of drug-likeness (QED) is 0.746. The smallest absolute Gasteiger partial charge is 0.0327 e. The van der Waals surface area contributed by atoms with Gasteiger partial charge in [0.2, 0.25) is 0 Å². The number of hydrogen-bond donors (Lipinski definition) is 1. The molecule has 1 aliphatic carbocycles. The standard InChI is InChI=1S/C16H34N2/c1-14(2)9-10-15(3)17-13-16(18(4)5)11-7-6-8-12-16/h14-15,17H,6-13H2,1-5H3. The maximum Gasteiger partial charge on any atom is 0.0327 e. The molecule has 0 bridgehead atoms. The molecule has 0 amide bonds. The van der Waals surface area contributed by atoms with Crippen molar-refractivity contribution < 1.29 is 0 Å². The van der Waals surface area contributed by atoms with Gasteiger partial charge in [-0.1, -0.05) is 33.1 Å². The molecule has 108 valence electrons. The summed E-state index contributed by atoms with van der Waals surface area (Å²) < 4.78 is 0. The van der Waals surface area contributed by atoms with E-state index in [1.807, 2.05) is 0 Å². The Labute approximate surface area is 115 Å². The number of likely N-dealkylation sites (N-methyl/N-ethyl adjacent to an activating group) is 1. The Morgan fingerprint density at radius 2 is 1.61 bits per heavy atom. The van der Waals surface area contributed by atoms with E-state index in [1.54, 1.807) is 0 Å². The molecule has 1 fully saturated rings. The van der Waals surface area contributed by atoms with Gasteiger partial charge in [-0.15, -0.1) is 0 Å². The molecular weight excluding hydrogens is 220 g/mol. The maximum atomic E-state index is 3.79. The minimum Gasteiger partial charge on any atom is -0.312 e. The lowest BCUT2D eigenvalue weighted by Crippen LogP contribution is -2.54. The number of nitrogens with one attached hydrogen (secondary N) is 1. The molecule has 0 aromatic heterocycles. The minimum atomic E-state index is 0.421. The lowest BCUT2D eigenvalue weighted by molar-refractivity contribution is 0.0952. The van der Waals surface area contributed by atoms with Gasteiger partial charge in [0.15, 0.2) is 0 Å². The Bertz CT molecular complexity index is 217. The van der Waals surface area contributed by atoms with Crippen LogP contribution >= 0.6 is 0 Å². The molecule has 0 aromatic rings. The Morgan fingerprint density at radius 1 is 1.00 bits per heavy atom. The van der Waals surface area contributed by atoms with Gasteiger partial charge in [-0.3, -0.25) is 0 Å². The Hall–Kier alpha value is -0.0800. The van der Waals surface area contributed by atoms with Crippen molar-refractivity contribution in [1.29, 1.82) is 0 Å². The molecule has 0 radical (unpaired) electrons. The molecule has 0 aromatic carbocycles. The van der Waals surface area contributed by atoms with Crippen molar-refractivity contribution in [3.8, 4) is 0 Å². The lowest BCUT2D eigenvalue weighted by Gasteiger charge is -2.44. The van der Waals surface area contributed by atoms with Crippen LogP contribution in [0.2, 0.25) is 0 Å². The van der Waals surface area contributed by atoms with Crippen LogP contribution in [0.4, 0.5) is 0 Å². The monoisotopic (exact) mass is 254 g/mol. The van der Waals surface area contributed by atoms with Gasteiger partial charge in [0.25, 0.3) is 0 Å². The molecule has 0 saturated heterocycles. The first-order chi connectivity index (χ1) is 8.46. The normalized spacial score (nSPS) is 21.5. The third kappa shape index (κ3) is 4.89. The first kappa shape index (κ1) is 16.0. The average Bonchev–Trinajstić information content (AvgIpc) is 2.34. The Balaban J connectivity index is 2.37. The molecule has 18 heavy (non-hydrogen) atoms. The SMILES string of the molecule is CC(C)CCC(C)NCC1(N(C)C)CCCCC1. The zero-order valence-electron chi connectivity index (χ0n) is 13.3. The molecule has 1 N–H and O–H groups in total. The summed E-state index contributed by atoms with van der Waals surface area (Å²) >= 11 is 0. The molecular formula is C16H34N2. The maximum absolute atomic E-state index is 3.79. The first-order valence-corrected chi connectivity index (χ1v) is 7.87. The van der Waals surface area contributed by atoms with Gasteiger partial charge in [0.05, 0.1) is 0 Å². The highest BCUT2D eigenvalue weighted by molar-refractivity contribution is 4.93. The van der Waals surface area contributed by atoms with Gasteiger partial charge >= 0.3 is 0 Å². The van der Waals surface area contributed by atoms with Gasteiger partial charge in [-0.2, -0.15) is 0 Å². The number of rotatable bonds is 7. The van der Waals surface area contributed by atoms with Gasteiger partial charge in [-0.25, -0.2) is 0 Å². The Morgan fingerprint density at radius 3 is 2.11 bits per heavy atom. The molecule has 1 unspecified atom stereocenters. The van der Waals surface area contributed by atoms with E-state index in [1.165, 1.54) is 51.5 Å². The zero-order chi connectivity index (χ0) is 13.6. The van der Waals surface area contributed by atoms with Crippen molar-refractivity contribution in [2.75, 3.05) is 20.6 Å². The average molecular weight is 254 g/mol. The zero-order valence-corrected chi connectivity index (χ0v) is 13.3. The molecule has 1 atom stereocenters. The van der Waals surface area contributed by atoms with Crippen LogP contribution in [0.5, 0.6) is 0 Å². The van der Waals surface area contributed by atoms with E-state index in [-0.39, 0.29) is 0 Å². The molecule has 2 nitrogen and oxygen atoms in total. The third-order valence-electron chi connectivity index (χ3n) is 4.69. The van der Waals surface area contributed by atoms with Crippen molar-refractivity contribution in [2.24, 2.45) is 5.92 Å². The third-order valence-corrected chi connectivity index (χ3v) is 4.69. The summed E-state index contributed by atoms with van der Waals surface area (Å²) in [6.07, 6.45) is 9.61. The van der Waals surface area contributed by atoms with E-state index >= 15 is 0 Å². The number of hydrogen-bond acceptors (Lipinski definition) is 2. The fourth-order valence-electron chi connectivity index (χ4n) is 3.04. The van der Waals surface area contributed by atoms with E-state index < -0.39 is 0 Å². The molecule has 0 heterocycles. The predicted molar refractivity (Wildman–Crippen MR) is 81.0 cm³/mol. The molecule has 0 aliphatic heterocycles. The lowest BCUT2D eigenvalue weighted by atomic mass is 9.80. The highest BCUT2D eigenvalue weighted by atomic mass is 15.2. The first-order valence-electron chi connectivity index (χ1n) is 7.87. The largest absolute Gasteiger partial charge is 0.312 e. The van der Waals surface area contributed by atoms with Crippen LogP contribution in [0, 0.1) is 5.92 Å². The molecule has 1 saturated carbocycles. The highest BCUT2D eigenvalue weighted by Crippen LogP contribution is 2.31. The van der Waals surface area contributed by atoms with Crippen LogP contribution in [-0.2, 0) is 0 Å². The van der Waals surface area contributed by atoms with Crippen molar-refractivity contribution >= 4 is 0 Å². The highest BCUT2D eigenvalue weighted by Gasteiger charge is 2.33. The van der Waals surface area contributed by atoms with Crippen molar-refractivity contribution in [2.45, 2.75) is 77.3 Å². The molecule has 1 rings (SSSR count). The molecule has 0 spiro atoms. The fraction of sp³-hybridized carbons (Fsp3) is 1.00.